The molecule has 0 aliphatic heterocycles. The summed E-state index contributed by atoms with van der Waals surface area (Å²) in [4.78, 5) is 8.22. The lowest BCUT2D eigenvalue weighted by atomic mass is 10.1. The van der Waals surface area contributed by atoms with Gasteiger partial charge in [0.05, 0.1) is 0 Å². The lowest BCUT2D eigenvalue weighted by molar-refractivity contribution is 1.24. The summed E-state index contributed by atoms with van der Waals surface area (Å²) in [6.07, 6.45) is 8.71. The highest BCUT2D eigenvalue weighted by molar-refractivity contribution is 6.30. The number of nitrogens with zero attached hydrogens (tertiary/aromatic N) is 2. The number of amidine groups is 1. The molecule has 3 heteroatoms. The normalized spacial score (nSPS) is 13.8. The van der Waals surface area contributed by atoms with E-state index >= 15 is 0 Å². The molecular formula is C17H19ClN2. The first-order chi connectivity index (χ1) is 9.71. The zero-order valence-corrected chi connectivity index (χ0v) is 12.6. The van der Waals surface area contributed by atoms with E-state index in [9.17, 15) is 0 Å². The predicted molar refractivity (Wildman–Crippen MR) is 89.7 cm³/mol. The van der Waals surface area contributed by atoms with E-state index in [1.165, 1.54) is 5.57 Å². The third-order valence-electron chi connectivity index (χ3n) is 2.65. The van der Waals surface area contributed by atoms with Crippen molar-refractivity contribution in [1.82, 2.24) is 0 Å². The maximum Gasteiger partial charge on any atom is 0.160 e. The Morgan fingerprint density at radius 2 is 1.95 bits per heavy atom. The number of benzene rings is 1. The van der Waals surface area contributed by atoms with Gasteiger partial charge in [0.2, 0.25) is 0 Å². The van der Waals surface area contributed by atoms with Crippen LogP contribution in [0.3, 0.4) is 0 Å². The van der Waals surface area contributed by atoms with Crippen LogP contribution in [0.4, 0.5) is 0 Å². The van der Waals surface area contributed by atoms with Crippen molar-refractivity contribution in [2.75, 3.05) is 0 Å². The fraction of sp³-hybridized carbons (Fsp3) is 0.176. The Morgan fingerprint density at radius 1 is 1.25 bits per heavy atom. The van der Waals surface area contributed by atoms with Crippen molar-refractivity contribution in [3.05, 3.63) is 70.9 Å². The Morgan fingerprint density at radius 3 is 2.50 bits per heavy atom. The van der Waals surface area contributed by atoms with Crippen molar-refractivity contribution in [3.8, 4) is 0 Å². The second kappa shape index (κ2) is 9.05. The van der Waals surface area contributed by atoms with Gasteiger partial charge in [-0.15, -0.1) is 0 Å². The first-order valence-electron chi connectivity index (χ1n) is 6.45. The molecule has 1 aromatic rings. The lowest BCUT2D eigenvalue weighted by Gasteiger charge is -2.00. The van der Waals surface area contributed by atoms with Gasteiger partial charge in [0.1, 0.15) is 5.16 Å². The van der Waals surface area contributed by atoms with Crippen molar-refractivity contribution in [1.29, 1.82) is 0 Å². The van der Waals surface area contributed by atoms with Gasteiger partial charge in [0.15, 0.2) is 5.84 Å². The number of aliphatic imine (C=N–C) groups is 2. The third kappa shape index (κ3) is 5.37. The standard InChI is InChI=1S/C17H19ClN2/c1-4-9-14(5-2)12-13-16(18)20-17(19-3)15-10-7-6-8-11-15/h4-11,13H,3,12H2,1-2H3/b9-4-,14-5+,16-13-,20-17-. The monoisotopic (exact) mass is 286 g/mol. The molecule has 0 amide bonds. The van der Waals surface area contributed by atoms with E-state index in [1.807, 2.05) is 68.5 Å². The van der Waals surface area contributed by atoms with Gasteiger partial charge in [0.25, 0.3) is 0 Å². The van der Waals surface area contributed by atoms with Gasteiger partial charge in [-0.3, -0.25) is 0 Å². The summed E-state index contributed by atoms with van der Waals surface area (Å²) in [5.74, 6) is 0.528. The molecule has 0 unspecified atom stereocenters. The first-order valence-corrected chi connectivity index (χ1v) is 6.83. The highest BCUT2D eigenvalue weighted by Crippen LogP contribution is 2.13. The van der Waals surface area contributed by atoms with Gasteiger partial charge in [-0.2, -0.15) is 0 Å². The zero-order chi connectivity index (χ0) is 14.8. The van der Waals surface area contributed by atoms with Gasteiger partial charge in [-0.1, -0.05) is 60.2 Å². The van der Waals surface area contributed by atoms with Crippen molar-refractivity contribution in [2.24, 2.45) is 9.98 Å². The molecular weight excluding hydrogens is 268 g/mol. The highest BCUT2D eigenvalue weighted by atomic mass is 35.5. The third-order valence-corrected chi connectivity index (χ3v) is 2.89. The van der Waals surface area contributed by atoms with E-state index in [-0.39, 0.29) is 0 Å². The fourth-order valence-corrected chi connectivity index (χ4v) is 1.78. The van der Waals surface area contributed by atoms with Crippen molar-refractivity contribution in [2.45, 2.75) is 20.3 Å². The number of allylic oxidation sites excluding steroid dienone is 5. The quantitative estimate of drug-likeness (QED) is 0.310. The van der Waals surface area contributed by atoms with Gasteiger partial charge in [0, 0.05) is 5.56 Å². The number of hydrogen-bond donors (Lipinski definition) is 0. The number of halogens is 1. The van der Waals surface area contributed by atoms with Crippen LogP contribution < -0.4 is 0 Å². The van der Waals surface area contributed by atoms with Crippen LogP contribution in [0.25, 0.3) is 0 Å². The smallest absolute Gasteiger partial charge is 0.160 e. The molecule has 0 spiro atoms. The SMILES string of the molecule is C=N/C(=N\C(Cl)=C/CC(/C=C\C)=C/C)c1ccccc1. The summed E-state index contributed by atoms with van der Waals surface area (Å²) < 4.78 is 0. The minimum Gasteiger partial charge on any atom is -0.245 e. The maximum absolute atomic E-state index is 6.14. The molecule has 0 aliphatic carbocycles. The van der Waals surface area contributed by atoms with Crippen LogP contribution >= 0.6 is 11.6 Å². The fourth-order valence-electron chi connectivity index (χ4n) is 1.62. The van der Waals surface area contributed by atoms with Gasteiger partial charge in [-0.25, -0.2) is 9.98 Å². The van der Waals surface area contributed by atoms with Gasteiger partial charge in [-0.05, 0) is 38.6 Å². The number of hydrogen-bond acceptors (Lipinski definition) is 1. The summed E-state index contributed by atoms with van der Waals surface area (Å²) in [6, 6.07) is 9.65. The van der Waals surface area contributed by atoms with E-state index in [4.69, 9.17) is 11.6 Å². The zero-order valence-electron chi connectivity index (χ0n) is 11.9. The predicted octanol–water partition coefficient (Wildman–Crippen LogP) is 5.13. The summed E-state index contributed by atoms with van der Waals surface area (Å²) >= 11 is 6.14. The van der Waals surface area contributed by atoms with E-state index in [0.29, 0.717) is 11.0 Å². The van der Waals surface area contributed by atoms with Crippen LogP contribution in [0.15, 0.2) is 75.4 Å². The van der Waals surface area contributed by atoms with Crippen LogP contribution in [0.1, 0.15) is 25.8 Å². The molecule has 0 heterocycles. The Hall–Kier alpha value is -1.93. The van der Waals surface area contributed by atoms with Crippen LogP contribution in [0.2, 0.25) is 0 Å². The molecule has 104 valence electrons. The largest absolute Gasteiger partial charge is 0.245 e. The molecule has 0 radical (unpaired) electrons. The van der Waals surface area contributed by atoms with Crippen LogP contribution in [0.5, 0.6) is 0 Å². The van der Waals surface area contributed by atoms with Crippen molar-refractivity contribution < 1.29 is 0 Å². The molecule has 0 saturated carbocycles. The molecule has 0 aliphatic rings. The van der Waals surface area contributed by atoms with Crippen LogP contribution in [-0.2, 0) is 0 Å². The average Bonchev–Trinajstić information content (AvgIpc) is 2.49. The Balaban J connectivity index is 2.88. The van der Waals surface area contributed by atoms with Gasteiger partial charge < -0.3 is 0 Å². The Bertz CT molecular complexity index is 552. The molecule has 0 N–H and O–H groups in total. The van der Waals surface area contributed by atoms with Crippen molar-refractivity contribution >= 4 is 24.2 Å². The van der Waals surface area contributed by atoms with Gasteiger partial charge >= 0.3 is 0 Å². The van der Waals surface area contributed by atoms with Crippen molar-refractivity contribution in [3.63, 3.8) is 0 Å². The lowest BCUT2D eigenvalue weighted by Crippen LogP contribution is -1.95. The van der Waals surface area contributed by atoms with Crippen LogP contribution in [-0.4, -0.2) is 12.6 Å². The van der Waals surface area contributed by atoms with Crippen LogP contribution in [0, 0.1) is 0 Å². The molecule has 0 saturated heterocycles. The molecule has 0 aromatic heterocycles. The summed E-state index contributed by atoms with van der Waals surface area (Å²) in [5.41, 5.74) is 2.09. The molecule has 20 heavy (non-hydrogen) atoms. The first kappa shape index (κ1) is 16.1. The van der Waals surface area contributed by atoms with E-state index in [1.54, 1.807) is 0 Å². The summed E-state index contributed by atoms with van der Waals surface area (Å²) in [5, 5.41) is 0.417. The minimum atomic E-state index is 0.417. The summed E-state index contributed by atoms with van der Waals surface area (Å²) in [7, 11) is 0. The molecule has 0 bridgehead atoms. The van der Waals surface area contributed by atoms with E-state index in [2.05, 4.69) is 16.7 Å². The van der Waals surface area contributed by atoms with E-state index in [0.717, 1.165) is 12.0 Å². The molecule has 2 nitrogen and oxygen atoms in total. The maximum atomic E-state index is 6.14. The summed E-state index contributed by atoms with van der Waals surface area (Å²) in [6.45, 7) is 7.53. The second-order valence-electron chi connectivity index (χ2n) is 4.05. The molecule has 1 rings (SSSR count). The van der Waals surface area contributed by atoms with E-state index < -0.39 is 0 Å². The Labute approximate surface area is 125 Å². The Kier molecular flexibility index (Phi) is 7.30. The minimum absolute atomic E-state index is 0.417. The molecule has 0 atom stereocenters. The average molecular weight is 287 g/mol. The highest BCUT2D eigenvalue weighted by Gasteiger charge is 2.00. The second-order valence-corrected chi connectivity index (χ2v) is 4.44. The topological polar surface area (TPSA) is 24.7 Å². The molecule has 0 fully saturated rings. The molecule has 1 aromatic carbocycles. The number of rotatable bonds is 5.